The number of aromatic nitrogens is 1. The van der Waals surface area contributed by atoms with Crippen LogP contribution in [0.15, 0.2) is 30.3 Å². The fraction of sp³-hybridized carbons (Fsp3) is 0.214. The van der Waals surface area contributed by atoms with Gasteiger partial charge in [-0.3, -0.25) is 9.78 Å². The van der Waals surface area contributed by atoms with Crippen LogP contribution >= 0.6 is 12.2 Å². The third-order valence-corrected chi connectivity index (χ3v) is 3.28. The Bertz CT molecular complexity index is 654. The van der Waals surface area contributed by atoms with E-state index in [0.717, 1.165) is 22.3 Å². The lowest BCUT2D eigenvalue weighted by molar-refractivity contribution is -0.117. The van der Waals surface area contributed by atoms with E-state index >= 15 is 0 Å². The summed E-state index contributed by atoms with van der Waals surface area (Å²) in [5.41, 5.74) is 7.92. The number of thiocarbonyl (C=S) groups is 1. The SMILES string of the molecule is Cc1cc(NC(=O)C(C)C(N)=S)c2ccccc2n1. The number of nitrogens with one attached hydrogen (secondary N) is 1. The van der Waals surface area contributed by atoms with Crippen molar-refractivity contribution in [1.82, 2.24) is 4.98 Å². The number of amides is 1. The van der Waals surface area contributed by atoms with Gasteiger partial charge in [0.2, 0.25) is 5.91 Å². The summed E-state index contributed by atoms with van der Waals surface area (Å²) < 4.78 is 0. The molecule has 0 saturated heterocycles. The molecule has 1 amide bonds. The first-order chi connectivity index (χ1) is 8.99. The lowest BCUT2D eigenvalue weighted by Gasteiger charge is -2.13. The van der Waals surface area contributed by atoms with Gasteiger partial charge >= 0.3 is 0 Å². The van der Waals surface area contributed by atoms with Gasteiger partial charge in [0.1, 0.15) is 0 Å². The van der Waals surface area contributed by atoms with E-state index in [2.05, 4.69) is 10.3 Å². The van der Waals surface area contributed by atoms with Gasteiger partial charge in [-0.05, 0) is 26.0 Å². The van der Waals surface area contributed by atoms with E-state index in [1.165, 1.54) is 0 Å². The smallest absolute Gasteiger partial charge is 0.234 e. The zero-order valence-corrected chi connectivity index (χ0v) is 11.6. The molecule has 0 spiro atoms. The molecule has 0 aliphatic heterocycles. The van der Waals surface area contributed by atoms with Gasteiger partial charge in [-0.25, -0.2) is 0 Å². The molecule has 3 N–H and O–H groups in total. The fourth-order valence-corrected chi connectivity index (χ4v) is 1.89. The second-order valence-electron chi connectivity index (χ2n) is 4.44. The number of pyridine rings is 1. The van der Waals surface area contributed by atoms with Crippen molar-refractivity contribution in [2.75, 3.05) is 5.32 Å². The van der Waals surface area contributed by atoms with Crippen LogP contribution in [-0.4, -0.2) is 15.9 Å². The molecule has 98 valence electrons. The van der Waals surface area contributed by atoms with Gasteiger partial charge in [-0.15, -0.1) is 0 Å². The monoisotopic (exact) mass is 273 g/mol. The number of carbonyl (C=O) groups is 1. The lowest BCUT2D eigenvalue weighted by Crippen LogP contribution is -2.30. The number of hydrogen-bond donors (Lipinski definition) is 2. The lowest BCUT2D eigenvalue weighted by atomic mass is 10.1. The van der Waals surface area contributed by atoms with Crippen molar-refractivity contribution in [1.29, 1.82) is 0 Å². The van der Waals surface area contributed by atoms with Crippen molar-refractivity contribution in [2.45, 2.75) is 13.8 Å². The van der Waals surface area contributed by atoms with Crippen molar-refractivity contribution >= 4 is 39.7 Å². The number of benzene rings is 1. The quantitative estimate of drug-likeness (QED) is 0.843. The minimum atomic E-state index is -0.498. The molecular formula is C14H15N3OS. The summed E-state index contributed by atoms with van der Waals surface area (Å²) >= 11 is 4.84. The molecule has 2 rings (SSSR count). The Labute approximate surface area is 117 Å². The molecule has 0 aliphatic carbocycles. The van der Waals surface area contributed by atoms with Crippen LogP contribution in [0.1, 0.15) is 12.6 Å². The molecule has 1 aromatic heterocycles. The number of carbonyl (C=O) groups excluding carboxylic acids is 1. The van der Waals surface area contributed by atoms with Crippen LogP contribution in [0.3, 0.4) is 0 Å². The molecule has 5 heteroatoms. The molecule has 19 heavy (non-hydrogen) atoms. The maximum absolute atomic E-state index is 12.0. The summed E-state index contributed by atoms with van der Waals surface area (Å²) in [4.78, 5) is 16.6. The largest absolute Gasteiger partial charge is 0.393 e. The first kappa shape index (κ1) is 13.4. The third-order valence-electron chi connectivity index (χ3n) is 2.92. The van der Waals surface area contributed by atoms with E-state index in [-0.39, 0.29) is 10.9 Å². The maximum atomic E-state index is 12.0. The average molecular weight is 273 g/mol. The number of hydrogen-bond acceptors (Lipinski definition) is 3. The second kappa shape index (κ2) is 5.32. The average Bonchev–Trinajstić information content (AvgIpc) is 2.37. The van der Waals surface area contributed by atoms with Crippen LogP contribution in [0.4, 0.5) is 5.69 Å². The highest BCUT2D eigenvalue weighted by molar-refractivity contribution is 7.80. The summed E-state index contributed by atoms with van der Waals surface area (Å²) in [6, 6.07) is 9.49. The number of nitrogens with zero attached hydrogens (tertiary/aromatic N) is 1. The van der Waals surface area contributed by atoms with E-state index < -0.39 is 5.92 Å². The Morgan fingerprint density at radius 3 is 2.79 bits per heavy atom. The van der Waals surface area contributed by atoms with Crippen LogP contribution in [0.2, 0.25) is 0 Å². The van der Waals surface area contributed by atoms with E-state index in [1.807, 2.05) is 37.3 Å². The predicted octanol–water partition coefficient (Wildman–Crippen LogP) is 2.40. The van der Waals surface area contributed by atoms with E-state index in [1.54, 1.807) is 6.92 Å². The highest BCUT2D eigenvalue weighted by Crippen LogP contribution is 2.23. The Hall–Kier alpha value is -2.01. The molecule has 1 atom stereocenters. The predicted molar refractivity (Wildman–Crippen MR) is 81.1 cm³/mol. The Kier molecular flexibility index (Phi) is 3.76. The van der Waals surface area contributed by atoms with E-state index in [0.29, 0.717) is 0 Å². The number of rotatable bonds is 3. The fourth-order valence-electron chi connectivity index (χ4n) is 1.78. The summed E-state index contributed by atoms with van der Waals surface area (Å²) in [5.74, 6) is -0.703. The highest BCUT2D eigenvalue weighted by Gasteiger charge is 2.16. The normalized spacial score (nSPS) is 12.1. The number of anilines is 1. The topological polar surface area (TPSA) is 68.0 Å². The van der Waals surface area contributed by atoms with Crippen LogP contribution in [0, 0.1) is 12.8 Å². The molecule has 0 radical (unpaired) electrons. The Morgan fingerprint density at radius 2 is 2.11 bits per heavy atom. The number of fused-ring (bicyclic) bond motifs is 1. The zero-order chi connectivity index (χ0) is 14.0. The van der Waals surface area contributed by atoms with Crippen LogP contribution in [0.25, 0.3) is 10.9 Å². The molecule has 0 saturated carbocycles. The summed E-state index contributed by atoms with van der Waals surface area (Å²) in [7, 11) is 0. The number of aryl methyl sites for hydroxylation is 1. The second-order valence-corrected chi connectivity index (χ2v) is 4.91. The summed E-state index contributed by atoms with van der Waals surface area (Å²) in [6.45, 7) is 3.58. The molecule has 1 aromatic carbocycles. The summed E-state index contributed by atoms with van der Waals surface area (Å²) in [6.07, 6.45) is 0. The van der Waals surface area contributed by atoms with Crippen molar-refractivity contribution in [3.63, 3.8) is 0 Å². The molecule has 1 unspecified atom stereocenters. The Balaban J connectivity index is 2.40. The van der Waals surface area contributed by atoms with Gasteiger partial charge < -0.3 is 11.1 Å². The molecular weight excluding hydrogens is 258 g/mol. The van der Waals surface area contributed by atoms with Gasteiger partial charge in [-0.1, -0.05) is 30.4 Å². The van der Waals surface area contributed by atoms with E-state index in [4.69, 9.17) is 18.0 Å². The Morgan fingerprint density at radius 1 is 1.42 bits per heavy atom. The molecule has 0 bridgehead atoms. The molecule has 0 fully saturated rings. The van der Waals surface area contributed by atoms with Crippen molar-refractivity contribution < 1.29 is 4.79 Å². The first-order valence-corrected chi connectivity index (χ1v) is 6.36. The minimum absolute atomic E-state index is 0.188. The van der Waals surface area contributed by atoms with E-state index in [9.17, 15) is 4.79 Å². The highest BCUT2D eigenvalue weighted by atomic mass is 32.1. The van der Waals surface area contributed by atoms with Crippen LogP contribution in [-0.2, 0) is 4.79 Å². The standard InChI is InChI=1S/C14H15N3OS/c1-8-7-12(17-14(18)9(2)13(15)19)10-5-3-4-6-11(10)16-8/h3-7,9H,1-2H3,(H2,15,19)(H,16,17,18). The van der Waals surface area contributed by atoms with Gasteiger partial charge in [0.05, 0.1) is 22.1 Å². The number of nitrogens with two attached hydrogens (primary N) is 1. The third kappa shape index (κ3) is 2.88. The molecule has 4 nitrogen and oxygen atoms in total. The van der Waals surface area contributed by atoms with Gasteiger partial charge in [-0.2, -0.15) is 0 Å². The first-order valence-electron chi connectivity index (χ1n) is 5.95. The van der Waals surface area contributed by atoms with Gasteiger partial charge in [0.15, 0.2) is 0 Å². The molecule has 2 aromatic rings. The molecule has 0 aliphatic rings. The van der Waals surface area contributed by atoms with Gasteiger partial charge in [0.25, 0.3) is 0 Å². The zero-order valence-electron chi connectivity index (χ0n) is 10.8. The number of para-hydroxylation sites is 1. The van der Waals surface area contributed by atoms with Gasteiger partial charge in [0, 0.05) is 11.1 Å². The van der Waals surface area contributed by atoms with Crippen LogP contribution < -0.4 is 11.1 Å². The maximum Gasteiger partial charge on any atom is 0.234 e. The van der Waals surface area contributed by atoms with Crippen LogP contribution in [0.5, 0.6) is 0 Å². The molecule has 1 heterocycles. The van der Waals surface area contributed by atoms with Crippen molar-refractivity contribution in [2.24, 2.45) is 11.7 Å². The van der Waals surface area contributed by atoms with Crippen molar-refractivity contribution in [3.8, 4) is 0 Å². The van der Waals surface area contributed by atoms with Crippen molar-refractivity contribution in [3.05, 3.63) is 36.0 Å². The summed E-state index contributed by atoms with van der Waals surface area (Å²) in [5, 5.41) is 3.76. The minimum Gasteiger partial charge on any atom is -0.393 e.